The number of nitrogens with two attached hydrogens (primary N) is 1. The number of carbonyl (C=O) groups excluding carboxylic acids is 1. The number of likely N-dealkylation sites (N-methyl/N-ethyl adjacent to an activating group) is 1. The molecule has 1 aliphatic heterocycles. The van der Waals surface area contributed by atoms with E-state index in [1.165, 1.54) is 22.7 Å². The number of imidazole rings is 1. The SMILES string of the molecule is CCCCCSc1nc(N)c2ncn([C@@H]3O[C@H](C(=O)NCC)[C@@H](O)[C@H]3O)c2n1. The first-order valence-electron chi connectivity index (χ1n) is 9.40. The first-order chi connectivity index (χ1) is 13.5. The summed E-state index contributed by atoms with van der Waals surface area (Å²) in [6.45, 7) is 4.29. The van der Waals surface area contributed by atoms with Gasteiger partial charge >= 0.3 is 0 Å². The van der Waals surface area contributed by atoms with Crippen LogP contribution >= 0.6 is 11.8 Å². The number of hydrogen-bond acceptors (Lipinski definition) is 9. The van der Waals surface area contributed by atoms with Crippen molar-refractivity contribution in [3.63, 3.8) is 0 Å². The van der Waals surface area contributed by atoms with Crippen molar-refractivity contribution in [3.8, 4) is 0 Å². The zero-order valence-corrected chi connectivity index (χ0v) is 16.7. The fourth-order valence-electron chi connectivity index (χ4n) is 3.06. The van der Waals surface area contributed by atoms with E-state index in [1.807, 2.05) is 0 Å². The minimum absolute atomic E-state index is 0.232. The van der Waals surface area contributed by atoms with Crippen LogP contribution in [0.1, 0.15) is 39.3 Å². The van der Waals surface area contributed by atoms with Crippen molar-refractivity contribution in [1.82, 2.24) is 24.8 Å². The Bertz CT molecular complexity index is 831. The molecule has 1 aliphatic rings. The van der Waals surface area contributed by atoms with Crippen molar-refractivity contribution in [1.29, 1.82) is 0 Å². The summed E-state index contributed by atoms with van der Waals surface area (Å²) in [6, 6.07) is 0. The first-order valence-corrected chi connectivity index (χ1v) is 10.4. The van der Waals surface area contributed by atoms with Crippen LogP contribution in [0.3, 0.4) is 0 Å². The zero-order valence-electron chi connectivity index (χ0n) is 15.9. The number of nitrogen functional groups attached to an aromatic ring is 1. The van der Waals surface area contributed by atoms with Crippen molar-refractivity contribution in [2.24, 2.45) is 0 Å². The molecule has 0 unspecified atom stereocenters. The van der Waals surface area contributed by atoms with E-state index in [0.29, 0.717) is 22.9 Å². The topological polar surface area (TPSA) is 148 Å². The standard InChI is InChI=1S/C17H26N6O4S/c1-3-5-6-7-28-17-21-13(18)9-14(22-17)23(8-20-9)16-11(25)10(24)12(27-16)15(26)19-4-2/h8,10-12,16,24-25H,3-7H2,1-2H3,(H,19,26)(H2,18,21,22)/t10-,11+,12-,16+/m0/s1. The van der Waals surface area contributed by atoms with Gasteiger partial charge in [-0.2, -0.15) is 0 Å². The van der Waals surface area contributed by atoms with Crippen LogP contribution in [-0.2, 0) is 9.53 Å². The van der Waals surface area contributed by atoms with E-state index < -0.39 is 30.4 Å². The minimum Gasteiger partial charge on any atom is -0.387 e. The van der Waals surface area contributed by atoms with Gasteiger partial charge in [0.05, 0.1) is 6.33 Å². The zero-order chi connectivity index (χ0) is 20.3. The summed E-state index contributed by atoms with van der Waals surface area (Å²) in [5.41, 5.74) is 6.79. The molecule has 5 N–H and O–H groups in total. The molecule has 0 aromatic carbocycles. The fourth-order valence-corrected chi connectivity index (χ4v) is 3.91. The molecule has 0 spiro atoms. The summed E-state index contributed by atoms with van der Waals surface area (Å²) in [4.78, 5) is 25.1. The van der Waals surface area contributed by atoms with E-state index in [9.17, 15) is 15.0 Å². The largest absolute Gasteiger partial charge is 0.387 e. The van der Waals surface area contributed by atoms with Crippen LogP contribution in [0.4, 0.5) is 5.82 Å². The molecule has 11 heteroatoms. The van der Waals surface area contributed by atoms with Gasteiger partial charge < -0.3 is 26.0 Å². The number of rotatable bonds is 8. The van der Waals surface area contributed by atoms with Crippen molar-refractivity contribution in [3.05, 3.63) is 6.33 Å². The van der Waals surface area contributed by atoms with Gasteiger partial charge in [-0.3, -0.25) is 9.36 Å². The number of aromatic nitrogens is 4. The normalized spacial score (nSPS) is 24.7. The second kappa shape index (κ2) is 9.03. The maximum atomic E-state index is 12.1. The number of fused-ring (bicyclic) bond motifs is 1. The molecule has 1 saturated heterocycles. The average Bonchev–Trinajstić information content (AvgIpc) is 3.21. The third kappa shape index (κ3) is 4.07. The lowest BCUT2D eigenvalue weighted by Gasteiger charge is -2.16. The quantitative estimate of drug-likeness (QED) is 0.276. The number of amides is 1. The van der Waals surface area contributed by atoms with Crippen LogP contribution in [0.2, 0.25) is 0 Å². The third-order valence-electron chi connectivity index (χ3n) is 4.53. The van der Waals surface area contributed by atoms with Gasteiger partial charge in [-0.15, -0.1) is 0 Å². The van der Waals surface area contributed by atoms with Gasteiger partial charge in [0.1, 0.15) is 17.7 Å². The number of thioether (sulfide) groups is 1. The Labute approximate surface area is 166 Å². The Hall–Kier alpha value is -1.95. The molecule has 0 radical (unpaired) electrons. The van der Waals surface area contributed by atoms with Crippen LogP contribution < -0.4 is 11.1 Å². The van der Waals surface area contributed by atoms with E-state index >= 15 is 0 Å². The number of hydrogen-bond donors (Lipinski definition) is 4. The number of carbonyl (C=O) groups is 1. The Kier molecular flexibility index (Phi) is 6.70. The molecule has 28 heavy (non-hydrogen) atoms. The molecule has 1 amide bonds. The molecule has 0 aliphatic carbocycles. The maximum Gasteiger partial charge on any atom is 0.252 e. The molecule has 1 fully saturated rings. The Morgan fingerprint density at radius 2 is 2.11 bits per heavy atom. The summed E-state index contributed by atoms with van der Waals surface area (Å²) in [6.07, 6.45) is -0.156. The molecule has 3 heterocycles. The molecule has 0 saturated carbocycles. The number of anilines is 1. The van der Waals surface area contributed by atoms with Crippen LogP contribution in [0.25, 0.3) is 11.2 Å². The predicted molar refractivity (Wildman–Crippen MR) is 105 cm³/mol. The molecule has 2 aromatic rings. The number of nitrogens with zero attached hydrogens (tertiary/aromatic N) is 4. The number of aliphatic hydroxyl groups excluding tert-OH is 2. The number of aliphatic hydroxyl groups is 2. The second-order valence-corrected chi connectivity index (χ2v) is 7.66. The average molecular weight is 411 g/mol. The van der Waals surface area contributed by atoms with E-state index in [0.717, 1.165) is 25.0 Å². The van der Waals surface area contributed by atoms with Crippen LogP contribution in [0, 0.1) is 0 Å². The van der Waals surface area contributed by atoms with Gasteiger partial charge in [-0.25, -0.2) is 15.0 Å². The fraction of sp³-hybridized carbons (Fsp3) is 0.647. The minimum atomic E-state index is -1.36. The van der Waals surface area contributed by atoms with Crippen LogP contribution in [0.15, 0.2) is 11.5 Å². The van der Waals surface area contributed by atoms with Gasteiger partial charge in [0, 0.05) is 12.3 Å². The van der Waals surface area contributed by atoms with Crippen molar-refractivity contribution < 1.29 is 19.7 Å². The monoisotopic (exact) mass is 410 g/mol. The molecule has 10 nitrogen and oxygen atoms in total. The van der Waals surface area contributed by atoms with E-state index in [2.05, 4.69) is 27.2 Å². The lowest BCUT2D eigenvalue weighted by atomic mass is 10.1. The number of nitrogens with one attached hydrogen (secondary N) is 1. The summed E-state index contributed by atoms with van der Waals surface area (Å²) in [5.74, 6) is 0.616. The van der Waals surface area contributed by atoms with Crippen molar-refractivity contribution in [2.75, 3.05) is 18.0 Å². The molecule has 154 valence electrons. The summed E-state index contributed by atoms with van der Waals surface area (Å²) in [7, 11) is 0. The van der Waals surface area contributed by atoms with Crippen molar-refractivity contribution in [2.45, 2.75) is 62.8 Å². The number of unbranched alkanes of at least 4 members (excludes halogenated alkanes) is 2. The van der Waals surface area contributed by atoms with Gasteiger partial charge in [0.15, 0.2) is 29.0 Å². The van der Waals surface area contributed by atoms with Gasteiger partial charge in [-0.05, 0) is 13.3 Å². The summed E-state index contributed by atoms with van der Waals surface area (Å²) < 4.78 is 7.13. The van der Waals surface area contributed by atoms with Gasteiger partial charge in [0.25, 0.3) is 5.91 Å². The van der Waals surface area contributed by atoms with Gasteiger partial charge in [0.2, 0.25) is 0 Å². The van der Waals surface area contributed by atoms with E-state index in [4.69, 9.17) is 10.5 Å². The molecular weight excluding hydrogens is 384 g/mol. The first kappa shape index (κ1) is 20.8. The maximum absolute atomic E-state index is 12.1. The molecule has 3 rings (SSSR count). The third-order valence-corrected chi connectivity index (χ3v) is 5.46. The lowest BCUT2D eigenvalue weighted by molar-refractivity contribution is -0.137. The predicted octanol–water partition coefficient (Wildman–Crippen LogP) is 0.446. The molecule has 2 aromatic heterocycles. The highest BCUT2D eigenvalue weighted by Gasteiger charge is 2.47. The second-order valence-electron chi connectivity index (χ2n) is 6.59. The van der Waals surface area contributed by atoms with Gasteiger partial charge in [-0.1, -0.05) is 31.5 Å². The molecule has 4 atom stereocenters. The molecule has 0 bridgehead atoms. The summed E-state index contributed by atoms with van der Waals surface area (Å²) in [5, 5.41) is 23.8. The Morgan fingerprint density at radius 1 is 1.32 bits per heavy atom. The highest BCUT2D eigenvalue weighted by atomic mass is 32.2. The Balaban J connectivity index is 1.86. The van der Waals surface area contributed by atoms with Crippen LogP contribution in [0.5, 0.6) is 0 Å². The highest BCUT2D eigenvalue weighted by Crippen LogP contribution is 2.33. The van der Waals surface area contributed by atoms with Crippen LogP contribution in [-0.4, -0.2) is 66.2 Å². The number of ether oxygens (including phenoxy) is 1. The summed E-state index contributed by atoms with van der Waals surface area (Å²) >= 11 is 1.50. The Morgan fingerprint density at radius 3 is 2.82 bits per heavy atom. The smallest absolute Gasteiger partial charge is 0.252 e. The molecular formula is C17H26N6O4S. The van der Waals surface area contributed by atoms with Crippen molar-refractivity contribution >= 4 is 34.7 Å². The van der Waals surface area contributed by atoms with E-state index in [1.54, 1.807) is 6.92 Å². The lowest BCUT2D eigenvalue weighted by Crippen LogP contribution is -2.42. The van der Waals surface area contributed by atoms with E-state index in [-0.39, 0.29) is 5.82 Å². The highest BCUT2D eigenvalue weighted by molar-refractivity contribution is 7.99.